The molecule has 6 aromatic carbocycles. The van der Waals surface area contributed by atoms with E-state index in [2.05, 4.69) is 146 Å². The molecule has 13 rings (SSSR count). The van der Waals surface area contributed by atoms with Gasteiger partial charge in [-0.2, -0.15) is 0 Å². The van der Waals surface area contributed by atoms with E-state index in [1.54, 1.807) is 11.1 Å². The summed E-state index contributed by atoms with van der Waals surface area (Å²) >= 11 is 0.305. The molecule has 1 nitrogen and oxygen atoms in total. The molecular weight excluding hydrogens is 682 g/mol. The second-order valence-electron chi connectivity index (χ2n) is 16.9. The summed E-state index contributed by atoms with van der Waals surface area (Å²) in [5.41, 5.74) is 15.8. The molecule has 7 aromatic rings. The van der Waals surface area contributed by atoms with Crippen LogP contribution < -0.4 is 4.90 Å². The maximum absolute atomic E-state index is 2.68. The third kappa shape index (κ3) is 3.73. The van der Waals surface area contributed by atoms with Crippen LogP contribution in [0.25, 0.3) is 41.5 Å². The number of hydrogen-bond donors (Lipinski definition) is 0. The van der Waals surface area contributed by atoms with Crippen molar-refractivity contribution in [2.75, 3.05) is 4.90 Å². The van der Waals surface area contributed by atoms with Crippen LogP contribution in [0.15, 0.2) is 127 Å². The van der Waals surface area contributed by atoms with Crippen molar-refractivity contribution in [3.63, 3.8) is 0 Å². The maximum atomic E-state index is 2.68. The molecule has 1 spiro atoms. The fraction of sp³-hybridized carbons (Fsp3) is 0.265. The summed E-state index contributed by atoms with van der Waals surface area (Å²) in [4.78, 5) is 2.64. The summed E-state index contributed by atoms with van der Waals surface area (Å²) in [5, 5.41) is 2.83. The van der Waals surface area contributed by atoms with Crippen molar-refractivity contribution >= 4 is 50.9 Å². The van der Waals surface area contributed by atoms with Crippen LogP contribution in [0.4, 0.5) is 17.1 Å². The van der Waals surface area contributed by atoms with Crippen LogP contribution in [-0.4, -0.2) is 14.5 Å². The van der Waals surface area contributed by atoms with Crippen molar-refractivity contribution in [3.05, 3.63) is 150 Å². The molecule has 0 saturated heterocycles. The van der Waals surface area contributed by atoms with Gasteiger partial charge in [0.15, 0.2) is 0 Å². The Bertz CT molecular complexity index is 2570. The zero-order valence-electron chi connectivity index (χ0n) is 29.3. The van der Waals surface area contributed by atoms with Crippen LogP contribution in [0.1, 0.15) is 68.2 Å². The van der Waals surface area contributed by atoms with E-state index in [4.69, 9.17) is 0 Å². The Labute approximate surface area is 306 Å². The average molecular weight is 723 g/mol. The molecule has 2 heteroatoms. The molecule has 51 heavy (non-hydrogen) atoms. The first-order valence-electron chi connectivity index (χ1n) is 19.2. The standard InChI is InChI=1S/C49H41NSe/c1-48(2)40-13-6-3-10-35(40)37-20-18-33(27-42(37)48)50(44-15-9-17-46-47(44)39-12-5-8-16-45(39)51-46)34-19-21-38-36-11-4-7-14-41(36)49(43(38)28-34)31-23-29-22-30(25-31)26-32(49)24-29/h3-21,27-32H,22-26H2,1-2H3. The van der Waals surface area contributed by atoms with Gasteiger partial charge < -0.3 is 0 Å². The van der Waals surface area contributed by atoms with Gasteiger partial charge in [-0.1, -0.05) is 0 Å². The van der Waals surface area contributed by atoms with Crippen LogP contribution in [0.2, 0.25) is 0 Å². The molecule has 0 atom stereocenters. The van der Waals surface area contributed by atoms with Gasteiger partial charge in [0.1, 0.15) is 0 Å². The molecule has 1 heterocycles. The molecule has 4 bridgehead atoms. The molecule has 0 N–H and O–H groups in total. The summed E-state index contributed by atoms with van der Waals surface area (Å²) < 4.78 is 2.99. The molecule has 0 aliphatic heterocycles. The van der Waals surface area contributed by atoms with Gasteiger partial charge in [0.05, 0.1) is 0 Å². The normalized spacial score (nSPS) is 25.7. The summed E-state index contributed by atoms with van der Waals surface area (Å²) in [6, 6.07) is 49.8. The van der Waals surface area contributed by atoms with Crippen molar-refractivity contribution in [2.45, 2.75) is 56.8 Å². The zero-order valence-corrected chi connectivity index (χ0v) is 31.0. The van der Waals surface area contributed by atoms with Gasteiger partial charge in [-0.05, 0) is 0 Å². The van der Waals surface area contributed by atoms with E-state index in [9.17, 15) is 0 Å². The van der Waals surface area contributed by atoms with Crippen LogP contribution in [0.5, 0.6) is 0 Å². The summed E-state index contributed by atoms with van der Waals surface area (Å²) in [5.74, 6) is 3.35. The fourth-order valence-electron chi connectivity index (χ4n) is 12.5. The molecule has 6 aliphatic carbocycles. The van der Waals surface area contributed by atoms with Crippen molar-refractivity contribution in [3.8, 4) is 22.3 Å². The Hall–Kier alpha value is -4.36. The topological polar surface area (TPSA) is 3.24 Å². The molecule has 0 unspecified atom stereocenters. The number of rotatable bonds is 3. The van der Waals surface area contributed by atoms with Gasteiger partial charge in [0, 0.05) is 0 Å². The Morgan fingerprint density at radius 1 is 0.510 bits per heavy atom. The first kappa shape index (κ1) is 29.2. The Kier molecular flexibility index (Phi) is 5.82. The number of fused-ring (bicyclic) bond motifs is 9. The van der Waals surface area contributed by atoms with Crippen LogP contribution in [0, 0.1) is 23.7 Å². The fourth-order valence-corrected chi connectivity index (χ4v) is 14.8. The van der Waals surface area contributed by atoms with Gasteiger partial charge >= 0.3 is 308 Å². The minimum absolute atomic E-state index is 0.0635. The van der Waals surface area contributed by atoms with Gasteiger partial charge in [0.2, 0.25) is 0 Å². The number of nitrogens with zero attached hydrogens (tertiary/aromatic N) is 1. The molecule has 4 saturated carbocycles. The molecule has 248 valence electrons. The van der Waals surface area contributed by atoms with Crippen molar-refractivity contribution in [2.24, 2.45) is 23.7 Å². The molecule has 0 amide bonds. The van der Waals surface area contributed by atoms with E-state index >= 15 is 0 Å². The van der Waals surface area contributed by atoms with Gasteiger partial charge in [-0.25, -0.2) is 0 Å². The second-order valence-corrected chi connectivity index (χ2v) is 19.2. The minimum atomic E-state index is -0.0635. The van der Waals surface area contributed by atoms with E-state index in [0.29, 0.717) is 14.5 Å². The Morgan fingerprint density at radius 2 is 1.08 bits per heavy atom. The van der Waals surface area contributed by atoms with Crippen LogP contribution in [0.3, 0.4) is 0 Å². The van der Waals surface area contributed by atoms with Crippen molar-refractivity contribution < 1.29 is 0 Å². The van der Waals surface area contributed by atoms with Crippen LogP contribution in [-0.2, 0) is 10.8 Å². The number of anilines is 3. The monoisotopic (exact) mass is 723 g/mol. The van der Waals surface area contributed by atoms with Crippen molar-refractivity contribution in [1.29, 1.82) is 0 Å². The molecule has 6 aliphatic rings. The Balaban J connectivity index is 1.12. The second kappa shape index (κ2) is 10.2. The quantitative estimate of drug-likeness (QED) is 0.164. The van der Waals surface area contributed by atoms with E-state index in [1.807, 2.05) is 0 Å². The summed E-state index contributed by atoms with van der Waals surface area (Å²) in [6.07, 6.45) is 7.09. The predicted octanol–water partition coefficient (Wildman–Crippen LogP) is 12.5. The summed E-state index contributed by atoms with van der Waals surface area (Å²) in [6.45, 7) is 4.82. The van der Waals surface area contributed by atoms with E-state index in [-0.39, 0.29) is 10.8 Å². The molecule has 0 radical (unpaired) electrons. The van der Waals surface area contributed by atoms with Gasteiger partial charge in [-0.3, -0.25) is 0 Å². The van der Waals surface area contributed by atoms with E-state index in [0.717, 1.165) is 23.7 Å². The van der Waals surface area contributed by atoms with Gasteiger partial charge in [0.25, 0.3) is 0 Å². The van der Waals surface area contributed by atoms with Crippen molar-refractivity contribution in [1.82, 2.24) is 0 Å². The van der Waals surface area contributed by atoms with E-state index in [1.165, 1.54) is 102 Å². The first-order valence-corrected chi connectivity index (χ1v) is 20.9. The molecule has 4 fully saturated rings. The average Bonchev–Trinajstić information content (AvgIpc) is 3.75. The third-order valence-electron chi connectivity index (χ3n) is 14.2. The molecule has 1 aromatic heterocycles. The number of benzene rings is 6. The summed E-state index contributed by atoms with van der Waals surface area (Å²) in [7, 11) is 0. The first-order chi connectivity index (χ1) is 25.0. The Morgan fingerprint density at radius 3 is 1.82 bits per heavy atom. The predicted molar refractivity (Wildman–Crippen MR) is 214 cm³/mol. The van der Waals surface area contributed by atoms with Crippen LogP contribution >= 0.6 is 0 Å². The molecular formula is C49H41NSe. The van der Waals surface area contributed by atoms with Gasteiger partial charge in [-0.15, -0.1) is 0 Å². The number of hydrogen-bond acceptors (Lipinski definition) is 1. The zero-order chi connectivity index (χ0) is 33.6. The van der Waals surface area contributed by atoms with E-state index < -0.39 is 0 Å². The SMILES string of the molecule is CC1(C)c2ccccc2-c2ccc(N(c3ccc4c(c3)C3(c5ccccc5-4)C4CC5CC(C4)CC3C5)c3cccc4[se]c5ccccc5c34)cc21. The third-order valence-corrected chi connectivity index (χ3v) is 16.6.